The molecule has 3 rings (SSSR count). The molecule has 1 heterocycles. The Bertz CT molecular complexity index is 691. The minimum atomic E-state index is -0.441. The maximum absolute atomic E-state index is 13.4. The van der Waals surface area contributed by atoms with Crippen molar-refractivity contribution in [2.45, 2.75) is 12.3 Å². The van der Waals surface area contributed by atoms with Gasteiger partial charge in [0, 0.05) is 5.56 Å². The monoisotopic (exact) mass is 268 g/mol. The van der Waals surface area contributed by atoms with Crippen LogP contribution in [0.4, 0.5) is 4.39 Å². The van der Waals surface area contributed by atoms with E-state index in [9.17, 15) is 9.18 Å². The number of halogens is 1. The van der Waals surface area contributed by atoms with E-state index in [1.54, 1.807) is 6.08 Å². The fraction of sp³-hybridized carbons (Fsp3) is 0.118. The van der Waals surface area contributed by atoms with Gasteiger partial charge in [-0.2, -0.15) is 0 Å². The van der Waals surface area contributed by atoms with E-state index in [0.29, 0.717) is 17.9 Å². The van der Waals surface area contributed by atoms with Crippen LogP contribution in [0, 0.1) is 5.82 Å². The molecule has 0 bridgehead atoms. The van der Waals surface area contributed by atoms with Crippen molar-refractivity contribution in [3.05, 3.63) is 72.1 Å². The van der Waals surface area contributed by atoms with Crippen molar-refractivity contribution in [2.75, 3.05) is 0 Å². The predicted molar refractivity (Wildman–Crippen MR) is 74.8 cm³/mol. The molecule has 2 nitrogen and oxygen atoms in total. The van der Waals surface area contributed by atoms with Gasteiger partial charge < -0.3 is 4.74 Å². The molecule has 0 fully saturated rings. The number of fused-ring (bicyclic) bond motifs is 2. The molecule has 0 saturated heterocycles. The predicted octanol–water partition coefficient (Wildman–Crippen LogP) is 4.47. The Morgan fingerprint density at radius 3 is 2.80 bits per heavy atom. The van der Waals surface area contributed by atoms with Gasteiger partial charge in [0.25, 0.3) is 0 Å². The summed E-state index contributed by atoms with van der Waals surface area (Å²) in [5.41, 5.74) is 1.10. The molecule has 1 aliphatic heterocycles. The summed E-state index contributed by atoms with van der Waals surface area (Å²) >= 11 is 0. The van der Waals surface area contributed by atoms with Crippen LogP contribution >= 0.6 is 0 Å². The number of benzene rings is 2. The first-order valence-corrected chi connectivity index (χ1v) is 6.42. The summed E-state index contributed by atoms with van der Waals surface area (Å²) in [4.78, 5) is 12.6. The molecule has 0 saturated carbocycles. The fourth-order valence-corrected chi connectivity index (χ4v) is 2.49. The van der Waals surface area contributed by atoms with E-state index in [1.165, 1.54) is 18.2 Å². The van der Waals surface area contributed by atoms with Gasteiger partial charge >= 0.3 is 0 Å². The normalized spacial score (nSPS) is 16.6. The molecule has 20 heavy (non-hydrogen) atoms. The highest BCUT2D eigenvalue weighted by atomic mass is 19.1. The van der Waals surface area contributed by atoms with Gasteiger partial charge in [-0.3, -0.25) is 4.79 Å². The van der Waals surface area contributed by atoms with E-state index in [2.05, 4.69) is 6.58 Å². The van der Waals surface area contributed by atoms with E-state index in [-0.39, 0.29) is 17.3 Å². The molecule has 100 valence electrons. The van der Waals surface area contributed by atoms with E-state index < -0.39 is 5.82 Å². The Balaban J connectivity index is 2.21. The highest BCUT2D eigenvalue weighted by molar-refractivity contribution is 6.04. The molecule has 1 aliphatic rings. The Kier molecular flexibility index (Phi) is 3.11. The molecule has 0 aliphatic carbocycles. The van der Waals surface area contributed by atoms with E-state index in [4.69, 9.17) is 4.74 Å². The van der Waals surface area contributed by atoms with Gasteiger partial charge in [0.05, 0.1) is 11.5 Å². The van der Waals surface area contributed by atoms with Crippen LogP contribution in [0.5, 0.6) is 11.5 Å². The zero-order valence-corrected chi connectivity index (χ0v) is 10.8. The third kappa shape index (κ3) is 2.01. The number of hydrogen-bond acceptors (Lipinski definition) is 2. The number of Topliss-reactive ketones (excluding diaryl/α,β-unsaturated/α-hetero) is 1. The van der Waals surface area contributed by atoms with E-state index in [0.717, 1.165) is 5.56 Å². The van der Waals surface area contributed by atoms with Crippen molar-refractivity contribution >= 4 is 5.78 Å². The number of para-hydroxylation sites is 1. The Labute approximate surface area is 116 Å². The van der Waals surface area contributed by atoms with Gasteiger partial charge in [-0.05, 0) is 30.7 Å². The van der Waals surface area contributed by atoms with Crippen molar-refractivity contribution in [3.63, 3.8) is 0 Å². The van der Waals surface area contributed by atoms with Crippen LogP contribution in [0.25, 0.3) is 0 Å². The first-order valence-electron chi connectivity index (χ1n) is 6.42. The first kappa shape index (κ1) is 12.6. The van der Waals surface area contributed by atoms with Crippen molar-refractivity contribution in [1.29, 1.82) is 0 Å². The molecule has 1 atom stereocenters. The zero-order chi connectivity index (χ0) is 14.1. The summed E-state index contributed by atoms with van der Waals surface area (Å²) in [6.45, 7) is 3.70. The van der Waals surface area contributed by atoms with Gasteiger partial charge in [-0.15, -0.1) is 6.58 Å². The summed E-state index contributed by atoms with van der Waals surface area (Å²) in [7, 11) is 0. The zero-order valence-electron chi connectivity index (χ0n) is 10.8. The molecule has 0 spiro atoms. The maximum Gasteiger partial charge on any atom is 0.174 e. The lowest BCUT2D eigenvalue weighted by Gasteiger charge is -2.13. The average molecular weight is 268 g/mol. The highest BCUT2D eigenvalue weighted by Crippen LogP contribution is 2.40. The minimum absolute atomic E-state index is 0.135. The second-order valence-corrected chi connectivity index (χ2v) is 4.72. The molecular weight excluding hydrogens is 255 g/mol. The molecule has 0 N–H and O–H groups in total. The van der Waals surface area contributed by atoms with Crippen molar-refractivity contribution in [3.8, 4) is 11.5 Å². The minimum Gasteiger partial charge on any atom is -0.456 e. The lowest BCUT2D eigenvalue weighted by Crippen LogP contribution is -2.11. The van der Waals surface area contributed by atoms with Crippen LogP contribution in [0.2, 0.25) is 0 Å². The molecule has 3 heteroatoms. The summed E-state index contributed by atoms with van der Waals surface area (Å²) in [5, 5.41) is 0. The van der Waals surface area contributed by atoms with Crippen molar-refractivity contribution in [1.82, 2.24) is 0 Å². The SMILES string of the molecule is C=CCC1C(=O)c2cc(F)ccc2Oc2ccccc21. The number of ketones is 1. The smallest absolute Gasteiger partial charge is 0.174 e. The number of ether oxygens (including phenoxy) is 1. The van der Waals surface area contributed by atoms with Crippen LogP contribution in [0.3, 0.4) is 0 Å². The molecule has 2 aromatic rings. The van der Waals surface area contributed by atoms with Crippen LogP contribution in [0.15, 0.2) is 55.1 Å². The largest absolute Gasteiger partial charge is 0.456 e. The van der Waals surface area contributed by atoms with Gasteiger partial charge in [-0.1, -0.05) is 24.3 Å². The van der Waals surface area contributed by atoms with Gasteiger partial charge in [0.1, 0.15) is 17.3 Å². The fourth-order valence-electron chi connectivity index (χ4n) is 2.49. The summed E-state index contributed by atoms with van der Waals surface area (Å²) in [6, 6.07) is 11.4. The second-order valence-electron chi connectivity index (χ2n) is 4.72. The lowest BCUT2D eigenvalue weighted by atomic mass is 9.88. The van der Waals surface area contributed by atoms with E-state index in [1.807, 2.05) is 24.3 Å². The van der Waals surface area contributed by atoms with Crippen molar-refractivity contribution in [2.24, 2.45) is 0 Å². The summed E-state index contributed by atoms with van der Waals surface area (Å²) in [6.07, 6.45) is 2.19. The second kappa shape index (κ2) is 4.93. The number of rotatable bonds is 2. The molecule has 0 aromatic heterocycles. The Hall–Kier alpha value is -2.42. The summed E-state index contributed by atoms with van der Waals surface area (Å²) in [5.74, 6) is 0.0774. The third-order valence-electron chi connectivity index (χ3n) is 3.44. The molecule has 2 aromatic carbocycles. The lowest BCUT2D eigenvalue weighted by molar-refractivity contribution is 0.0960. The van der Waals surface area contributed by atoms with Crippen LogP contribution in [-0.4, -0.2) is 5.78 Å². The highest BCUT2D eigenvalue weighted by Gasteiger charge is 2.30. The number of carbonyl (C=O) groups is 1. The average Bonchev–Trinajstić information content (AvgIpc) is 2.57. The van der Waals surface area contributed by atoms with Crippen LogP contribution in [0.1, 0.15) is 28.3 Å². The van der Waals surface area contributed by atoms with Gasteiger partial charge in [-0.25, -0.2) is 4.39 Å². The standard InChI is InChI=1S/C17H13FO2/c1-2-5-13-12-6-3-4-7-15(12)20-16-9-8-11(18)10-14(16)17(13)19/h2-4,6-10,13H,1,5H2. The molecule has 0 radical (unpaired) electrons. The topological polar surface area (TPSA) is 26.3 Å². The number of hydrogen-bond donors (Lipinski definition) is 0. The Morgan fingerprint density at radius 2 is 2.00 bits per heavy atom. The van der Waals surface area contributed by atoms with Gasteiger partial charge in [0.15, 0.2) is 5.78 Å². The van der Waals surface area contributed by atoms with Gasteiger partial charge in [0.2, 0.25) is 0 Å². The molecule has 1 unspecified atom stereocenters. The molecule has 0 amide bonds. The summed E-state index contributed by atoms with van der Waals surface area (Å²) < 4.78 is 19.2. The maximum atomic E-state index is 13.4. The number of carbonyl (C=O) groups excluding carboxylic acids is 1. The van der Waals surface area contributed by atoms with Crippen LogP contribution in [-0.2, 0) is 0 Å². The quantitative estimate of drug-likeness (QED) is 0.751. The van der Waals surface area contributed by atoms with E-state index >= 15 is 0 Å². The van der Waals surface area contributed by atoms with Crippen LogP contribution < -0.4 is 4.74 Å². The third-order valence-corrected chi connectivity index (χ3v) is 3.44. The number of allylic oxidation sites excluding steroid dienone is 1. The first-order chi connectivity index (χ1) is 9.70. The Morgan fingerprint density at radius 1 is 1.20 bits per heavy atom. The van der Waals surface area contributed by atoms with Crippen molar-refractivity contribution < 1.29 is 13.9 Å². The molecular formula is C17H13FO2.